The first-order valence-electron chi connectivity index (χ1n) is 12.0. The molecule has 2 N–H and O–H groups in total. The maximum atomic E-state index is 12.7. The van der Waals surface area contributed by atoms with Crippen LogP contribution in [0.25, 0.3) is 0 Å². The lowest BCUT2D eigenvalue weighted by atomic mass is 10.0. The van der Waals surface area contributed by atoms with E-state index >= 15 is 0 Å². The Morgan fingerprint density at radius 1 is 1.03 bits per heavy atom. The predicted molar refractivity (Wildman–Crippen MR) is 134 cm³/mol. The van der Waals surface area contributed by atoms with E-state index in [4.69, 9.17) is 14.9 Å². The summed E-state index contributed by atoms with van der Waals surface area (Å²) in [5.41, 5.74) is 1.77. The molecular weight excluding hydrogens is 521 g/mol. The van der Waals surface area contributed by atoms with Gasteiger partial charge < -0.3 is 19.8 Å². The number of benzene rings is 1. The minimum Gasteiger partial charge on any atom is -0.478 e. The first-order chi connectivity index (χ1) is 18.2. The SMILES string of the molecule is Cc1cc(C)nc(OCC(=O)N(C)C2CCN(Cc3ccc(C(F)(F)F)cc3)CC2)n1.O=C(O)/C=C\C(=O)O. The van der Waals surface area contributed by atoms with Gasteiger partial charge in [-0.25, -0.2) is 19.6 Å². The maximum absolute atomic E-state index is 12.7. The van der Waals surface area contributed by atoms with Crippen molar-refractivity contribution in [1.82, 2.24) is 19.8 Å². The molecule has 0 unspecified atom stereocenters. The fourth-order valence-corrected chi connectivity index (χ4v) is 3.85. The molecule has 1 aliphatic heterocycles. The number of hydrogen-bond donors (Lipinski definition) is 2. The summed E-state index contributed by atoms with van der Waals surface area (Å²) >= 11 is 0. The van der Waals surface area contributed by atoms with Crippen molar-refractivity contribution in [1.29, 1.82) is 0 Å². The van der Waals surface area contributed by atoms with Gasteiger partial charge in [0.25, 0.3) is 5.91 Å². The number of hydrogen-bond acceptors (Lipinski definition) is 7. The number of likely N-dealkylation sites (tertiary alicyclic amines) is 1. The summed E-state index contributed by atoms with van der Waals surface area (Å²) < 4.78 is 43.5. The van der Waals surface area contributed by atoms with Gasteiger partial charge in [-0.3, -0.25) is 9.69 Å². The molecule has 0 saturated carbocycles. The van der Waals surface area contributed by atoms with Crippen molar-refractivity contribution in [2.24, 2.45) is 0 Å². The molecule has 0 spiro atoms. The van der Waals surface area contributed by atoms with Crippen molar-refractivity contribution >= 4 is 17.8 Å². The number of carbonyl (C=O) groups excluding carboxylic acids is 1. The molecule has 0 bridgehead atoms. The number of likely N-dealkylation sites (N-methyl/N-ethyl adjacent to an activating group) is 1. The molecule has 2 heterocycles. The van der Waals surface area contributed by atoms with Crippen molar-refractivity contribution in [3.8, 4) is 6.01 Å². The third-order valence-corrected chi connectivity index (χ3v) is 5.84. The molecule has 1 aromatic heterocycles. The molecule has 3 rings (SSSR count). The number of carboxylic acids is 2. The summed E-state index contributed by atoms with van der Waals surface area (Å²) in [6.07, 6.45) is -1.61. The molecule has 212 valence electrons. The number of halogens is 3. The van der Waals surface area contributed by atoms with Gasteiger partial charge in [0.1, 0.15) is 0 Å². The van der Waals surface area contributed by atoms with Crippen LogP contribution in [0.4, 0.5) is 13.2 Å². The third-order valence-electron chi connectivity index (χ3n) is 5.84. The zero-order valence-electron chi connectivity index (χ0n) is 21.8. The Morgan fingerprint density at radius 3 is 2.00 bits per heavy atom. The minimum atomic E-state index is -4.32. The topological polar surface area (TPSA) is 133 Å². The van der Waals surface area contributed by atoms with Crippen molar-refractivity contribution < 1.29 is 42.5 Å². The molecule has 0 atom stereocenters. The highest BCUT2D eigenvalue weighted by molar-refractivity contribution is 5.89. The summed E-state index contributed by atoms with van der Waals surface area (Å²) in [6.45, 7) is 5.69. The first kappa shape index (κ1) is 31.2. The molecule has 39 heavy (non-hydrogen) atoms. The Morgan fingerprint density at radius 2 is 1.54 bits per heavy atom. The lowest BCUT2D eigenvalue weighted by molar-refractivity contribution is -0.138. The molecular formula is C26H31F3N4O6. The fourth-order valence-electron chi connectivity index (χ4n) is 3.85. The van der Waals surface area contributed by atoms with E-state index in [2.05, 4.69) is 14.9 Å². The van der Waals surface area contributed by atoms with Gasteiger partial charge in [-0.05, 0) is 50.5 Å². The molecule has 1 amide bonds. The zero-order valence-corrected chi connectivity index (χ0v) is 21.8. The van der Waals surface area contributed by atoms with E-state index in [0.717, 1.165) is 55.0 Å². The lowest BCUT2D eigenvalue weighted by Gasteiger charge is -2.36. The average Bonchev–Trinajstić information content (AvgIpc) is 2.86. The standard InChI is InChI=1S/C22H27F3N4O2.C4H4O4/c1-15-12-16(2)27-21(26-15)31-14-20(30)28(3)19-8-10-29(11-9-19)13-17-4-6-18(7-5-17)22(23,24)25;5-3(6)1-2-4(7)8/h4-7,12,19H,8-11,13-14H2,1-3H3;1-2H,(H,5,6)(H,7,8)/b;2-1-. The number of rotatable bonds is 8. The first-order valence-corrected chi connectivity index (χ1v) is 12.0. The molecule has 10 nitrogen and oxygen atoms in total. The van der Waals surface area contributed by atoms with Crippen LogP contribution in [-0.2, 0) is 27.1 Å². The van der Waals surface area contributed by atoms with Crippen LogP contribution in [0.2, 0.25) is 0 Å². The number of carbonyl (C=O) groups is 3. The van der Waals surface area contributed by atoms with E-state index in [9.17, 15) is 27.6 Å². The number of alkyl halides is 3. The monoisotopic (exact) mass is 552 g/mol. The summed E-state index contributed by atoms with van der Waals surface area (Å²) in [5, 5.41) is 15.6. The molecule has 1 fully saturated rings. The van der Waals surface area contributed by atoms with Crippen LogP contribution in [0.5, 0.6) is 6.01 Å². The van der Waals surface area contributed by atoms with Gasteiger partial charge in [0, 0.05) is 56.3 Å². The van der Waals surface area contributed by atoms with Crippen molar-refractivity contribution in [3.63, 3.8) is 0 Å². The molecule has 0 aliphatic carbocycles. The highest BCUT2D eigenvalue weighted by Crippen LogP contribution is 2.29. The van der Waals surface area contributed by atoms with Crippen LogP contribution < -0.4 is 4.74 Å². The Bertz CT molecular complexity index is 1130. The van der Waals surface area contributed by atoms with Crippen molar-refractivity contribution in [2.45, 2.75) is 45.5 Å². The Kier molecular flexibility index (Phi) is 11.4. The highest BCUT2D eigenvalue weighted by atomic mass is 19.4. The Hall–Kier alpha value is -4.00. The lowest BCUT2D eigenvalue weighted by Crippen LogP contribution is -2.46. The van der Waals surface area contributed by atoms with Gasteiger partial charge in [0.05, 0.1) is 5.56 Å². The normalized spacial score (nSPS) is 14.4. The summed E-state index contributed by atoms with van der Waals surface area (Å²) in [5.74, 6) is -2.65. The number of amides is 1. The van der Waals surface area contributed by atoms with Crippen LogP contribution in [0, 0.1) is 13.8 Å². The molecule has 2 aromatic rings. The summed E-state index contributed by atoms with van der Waals surface area (Å²) in [4.78, 5) is 43.9. The van der Waals surface area contributed by atoms with Crippen LogP contribution in [0.3, 0.4) is 0 Å². The van der Waals surface area contributed by atoms with Crippen LogP contribution >= 0.6 is 0 Å². The van der Waals surface area contributed by atoms with Crippen LogP contribution in [-0.4, -0.2) is 80.6 Å². The Labute approximate surface area is 223 Å². The molecule has 1 saturated heterocycles. The van der Waals surface area contributed by atoms with Crippen LogP contribution in [0.15, 0.2) is 42.5 Å². The minimum absolute atomic E-state index is 0.0973. The molecule has 0 radical (unpaired) electrons. The van der Waals surface area contributed by atoms with E-state index in [0.29, 0.717) is 18.7 Å². The van der Waals surface area contributed by atoms with E-state index < -0.39 is 23.7 Å². The summed E-state index contributed by atoms with van der Waals surface area (Å²) in [7, 11) is 1.77. The maximum Gasteiger partial charge on any atom is 0.416 e. The number of aryl methyl sites for hydroxylation is 2. The van der Waals surface area contributed by atoms with Gasteiger partial charge in [-0.15, -0.1) is 0 Å². The van der Waals surface area contributed by atoms with Crippen molar-refractivity contribution in [2.75, 3.05) is 26.7 Å². The fraction of sp³-hybridized carbons (Fsp3) is 0.423. The zero-order chi connectivity index (χ0) is 29.2. The molecule has 1 aliphatic rings. The number of carboxylic acid groups (broad SMARTS) is 2. The quantitative estimate of drug-likeness (QED) is 0.473. The second-order valence-corrected chi connectivity index (χ2v) is 8.94. The molecule has 13 heteroatoms. The van der Waals surface area contributed by atoms with Gasteiger partial charge >= 0.3 is 24.1 Å². The largest absolute Gasteiger partial charge is 0.478 e. The van der Waals surface area contributed by atoms with E-state index in [1.807, 2.05) is 19.9 Å². The van der Waals surface area contributed by atoms with E-state index in [1.54, 1.807) is 11.9 Å². The van der Waals surface area contributed by atoms with E-state index in [-0.39, 0.29) is 24.6 Å². The van der Waals surface area contributed by atoms with Crippen molar-refractivity contribution in [3.05, 3.63) is 65.0 Å². The van der Waals surface area contributed by atoms with Gasteiger partial charge in [-0.2, -0.15) is 13.2 Å². The third kappa shape index (κ3) is 11.1. The van der Waals surface area contributed by atoms with Crippen LogP contribution in [0.1, 0.15) is 35.4 Å². The average molecular weight is 553 g/mol. The molecule has 1 aromatic carbocycles. The number of ether oxygens (including phenoxy) is 1. The number of piperidine rings is 1. The number of aromatic nitrogens is 2. The highest BCUT2D eigenvalue weighted by Gasteiger charge is 2.30. The smallest absolute Gasteiger partial charge is 0.416 e. The van der Waals surface area contributed by atoms with Gasteiger partial charge in [0.2, 0.25) is 0 Å². The number of nitrogens with zero attached hydrogens (tertiary/aromatic N) is 4. The van der Waals surface area contributed by atoms with Gasteiger partial charge in [0.15, 0.2) is 6.61 Å². The second kappa shape index (κ2) is 14.2. The van der Waals surface area contributed by atoms with Gasteiger partial charge in [-0.1, -0.05) is 12.1 Å². The second-order valence-electron chi connectivity index (χ2n) is 8.94. The van der Waals surface area contributed by atoms with E-state index in [1.165, 1.54) is 12.1 Å². The Balaban J connectivity index is 0.000000580. The predicted octanol–water partition coefficient (Wildman–Crippen LogP) is 3.33. The summed E-state index contributed by atoms with van der Waals surface area (Å²) in [6, 6.07) is 7.42. The number of aliphatic carboxylic acids is 2.